The zero-order valence-corrected chi connectivity index (χ0v) is 9.98. The van der Waals surface area contributed by atoms with Crippen molar-refractivity contribution in [1.82, 2.24) is 0 Å². The molecule has 2 rings (SSSR count). The zero-order valence-electron chi connectivity index (χ0n) is 9.98. The van der Waals surface area contributed by atoms with Gasteiger partial charge in [0, 0.05) is 6.07 Å². The Balaban J connectivity index is 2.36. The van der Waals surface area contributed by atoms with E-state index in [0.717, 1.165) is 11.0 Å². The Kier molecular flexibility index (Phi) is 3.25. The topological polar surface area (TPSA) is 55.6 Å². The summed E-state index contributed by atoms with van der Waals surface area (Å²) in [5, 5.41) is 10.6. The van der Waals surface area contributed by atoms with E-state index in [-0.39, 0.29) is 23.7 Å². The van der Waals surface area contributed by atoms with E-state index in [4.69, 9.17) is 4.74 Å². The zero-order chi connectivity index (χ0) is 14.2. The molecule has 1 aromatic carbocycles. The first-order valence-electron chi connectivity index (χ1n) is 5.52. The Bertz CT molecular complexity index is 504. The highest BCUT2D eigenvalue weighted by Crippen LogP contribution is 2.38. The van der Waals surface area contributed by atoms with E-state index < -0.39 is 23.7 Å². The van der Waals surface area contributed by atoms with Gasteiger partial charge < -0.3 is 9.64 Å². The fraction of sp³-hybridized carbons (Fsp3) is 0.455. The predicted molar refractivity (Wildman–Crippen MR) is 61.5 cm³/mol. The van der Waals surface area contributed by atoms with Crippen LogP contribution < -0.4 is 9.64 Å². The number of ether oxygens (including phenoxy) is 1. The number of halogens is 3. The lowest BCUT2D eigenvalue weighted by molar-refractivity contribution is -0.384. The van der Waals surface area contributed by atoms with Crippen molar-refractivity contribution in [2.45, 2.75) is 19.1 Å². The molecular formula is C11H11F3N2O3. The lowest BCUT2D eigenvalue weighted by atomic mass is 10.1. The minimum Gasteiger partial charge on any atom is -0.489 e. The largest absolute Gasteiger partial charge is 0.489 e. The van der Waals surface area contributed by atoms with Gasteiger partial charge in [-0.3, -0.25) is 10.1 Å². The van der Waals surface area contributed by atoms with Crippen LogP contribution >= 0.6 is 0 Å². The molecule has 0 fully saturated rings. The summed E-state index contributed by atoms with van der Waals surface area (Å²) in [6.07, 6.45) is -4.34. The van der Waals surface area contributed by atoms with Crippen LogP contribution in [0.3, 0.4) is 0 Å². The Morgan fingerprint density at radius 1 is 1.53 bits per heavy atom. The highest BCUT2D eigenvalue weighted by molar-refractivity contribution is 5.64. The lowest BCUT2D eigenvalue weighted by Gasteiger charge is -2.36. The van der Waals surface area contributed by atoms with Crippen LogP contribution in [-0.2, 0) is 0 Å². The molecule has 0 saturated carbocycles. The van der Waals surface area contributed by atoms with Gasteiger partial charge in [0.1, 0.15) is 18.9 Å². The van der Waals surface area contributed by atoms with Crippen molar-refractivity contribution in [2.24, 2.45) is 0 Å². The number of non-ortho nitro benzene ring substituents is 1. The molecule has 5 nitrogen and oxygen atoms in total. The number of nitrogens with zero attached hydrogens (tertiary/aromatic N) is 2. The van der Waals surface area contributed by atoms with Gasteiger partial charge in [-0.2, -0.15) is 13.2 Å². The number of fused-ring (bicyclic) bond motifs is 1. The van der Waals surface area contributed by atoms with Gasteiger partial charge in [-0.05, 0) is 13.0 Å². The molecule has 1 aliphatic rings. The van der Waals surface area contributed by atoms with Crippen LogP contribution in [-0.4, -0.2) is 30.3 Å². The summed E-state index contributed by atoms with van der Waals surface area (Å²) in [6.45, 7) is 0.558. The van der Waals surface area contributed by atoms with Crippen LogP contribution in [0, 0.1) is 10.1 Å². The summed E-state index contributed by atoms with van der Waals surface area (Å²) in [4.78, 5) is 11.1. The van der Waals surface area contributed by atoms with E-state index in [1.54, 1.807) is 6.92 Å². The van der Waals surface area contributed by atoms with E-state index in [9.17, 15) is 23.3 Å². The van der Waals surface area contributed by atoms with Crippen molar-refractivity contribution >= 4 is 11.4 Å². The second kappa shape index (κ2) is 4.60. The lowest BCUT2D eigenvalue weighted by Crippen LogP contribution is -2.46. The Morgan fingerprint density at radius 3 is 2.79 bits per heavy atom. The summed E-state index contributed by atoms with van der Waals surface area (Å²) in [7, 11) is 0. The van der Waals surface area contributed by atoms with Crippen molar-refractivity contribution in [2.75, 3.05) is 18.1 Å². The van der Waals surface area contributed by atoms with E-state index in [2.05, 4.69) is 0 Å². The second-order valence-electron chi connectivity index (χ2n) is 4.31. The summed E-state index contributed by atoms with van der Waals surface area (Å²) in [5.41, 5.74) is 0.0157. The van der Waals surface area contributed by atoms with Gasteiger partial charge in [-0.25, -0.2) is 0 Å². The van der Waals surface area contributed by atoms with Gasteiger partial charge in [0.15, 0.2) is 0 Å². The number of alkyl halides is 3. The highest BCUT2D eigenvalue weighted by Gasteiger charge is 2.36. The first kappa shape index (κ1) is 13.4. The molecule has 0 radical (unpaired) electrons. The van der Waals surface area contributed by atoms with Gasteiger partial charge in [0.25, 0.3) is 5.69 Å². The third-order valence-corrected chi connectivity index (χ3v) is 2.83. The Hall–Kier alpha value is -1.99. The molecule has 1 unspecified atom stereocenters. The third kappa shape index (κ3) is 2.88. The van der Waals surface area contributed by atoms with Crippen LogP contribution in [0.15, 0.2) is 18.2 Å². The van der Waals surface area contributed by atoms with Gasteiger partial charge in [0.05, 0.1) is 22.7 Å². The monoisotopic (exact) mass is 276 g/mol. The summed E-state index contributed by atoms with van der Waals surface area (Å²) >= 11 is 0. The fourth-order valence-electron chi connectivity index (χ4n) is 1.94. The highest BCUT2D eigenvalue weighted by atomic mass is 19.4. The van der Waals surface area contributed by atoms with Crippen molar-refractivity contribution in [3.8, 4) is 5.75 Å². The first-order chi connectivity index (χ1) is 8.78. The molecular weight excluding hydrogens is 265 g/mol. The maximum atomic E-state index is 12.5. The van der Waals surface area contributed by atoms with Crippen LogP contribution in [0.1, 0.15) is 6.92 Å². The van der Waals surface area contributed by atoms with E-state index in [1.807, 2.05) is 0 Å². The van der Waals surface area contributed by atoms with Crippen molar-refractivity contribution in [3.05, 3.63) is 28.3 Å². The molecule has 0 N–H and O–H groups in total. The minimum atomic E-state index is -4.34. The molecule has 1 aliphatic heterocycles. The van der Waals surface area contributed by atoms with Crippen LogP contribution in [0.2, 0.25) is 0 Å². The van der Waals surface area contributed by atoms with Crippen LogP contribution in [0.4, 0.5) is 24.5 Å². The normalized spacial score (nSPS) is 18.7. The molecule has 1 heterocycles. The second-order valence-corrected chi connectivity index (χ2v) is 4.31. The van der Waals surface area contributed by atoms with Gasteiger partial charge in [-0.1, -0.05) is 0 Å². The summed E-state index contributed by atoms with van der Waals surface area (Å²) < 4.78 is 42.8. The van der Waals surface area contributed by atoms with Crippen molar-refractivity contribution in [1.29, 1.82) is 0 Å². The van der Waals surface area contributed by atoms with Crippen LogP contribution in [0.5, 0.6) is 5.75 Å². The molecule has 0 bridgehead atoms. The molecule has 0 aromatic heterocycles. The number of hydrogen-bond donors (Lipinski definition) is 0. The third-order valence-electron chi connectivity index (χ3n) is 2.83. The average Bonchev–Trinajstić information content (AvgIpc) is 2.31. The standard InChI is InChI=1S/C11H11F3N2O3/c1-7-5-19-10-4-8(16(17)18)2-3-9(10)15(7)6-11(12,13)14/h2-4,7H,5-6H2,1H3. The molecule has 0 saturated heterocycles. The smallest absolute Gasteiger partial charge is 0.405 e. The molecule has 0 amide bonds. The molecule has 8 heteroatoms. The van der Waals surface area contributed by atoms with E-state index in [1.165, 1.54) is 12.1 Å². The van der Waals surface area contributed by atoms with Gasteiger partial charge in [0.2, 0.25) is 0 Å². The first-order valence-corrected chi connectivity index (χ1v) is 5.52. The maximum absolute atomic E-state index is 12.5. The molecule has 104 valence electrons. The number of nitro groups is 1. The molecule has 19 heavy (non-hydrogen) atoms. The summed E-state index contributed by atoms with van der Waals surface area (Å²) in [6, 6.07) is 3.15. The maximum Gasteiger partial charge on any atom is 0.405 e. The fourth-order valence-corrected chi connectivity index (χ4v) is 1.94. The van der Waals surface area contributed by atoms with Gasteiger partial charge >= 0.3 is 6.18 Å². The average molecular weight is 276 g/mol. The van der Waals surface area contributed by atoms with E-state index in [0.29, 0.717) is 0 Å². The van der Waals surface area contributed by atoms with Crippen LogP contribution in [0.25, 0.3) is 0 Å². The number of rotatable bonds is 2. The quantitative estimate of drug-likeness (QED) is 0.615. The molecule has 1 atom stereocenters. The summed E-state index contributed by atoms with van der Waals surface area (Å²) in [5.74, 6) is 0.108. The Labute approximate surface area is 106 Å². The number of anilines is 1. The number of nitro benzene ring substituents is 1. The molecule has 0 spiro atoms. The Morgan fingerprint density at radius 2 is 2.21 bits per heavy atom. The SMILES string of the molecule is CC1COc2cc([N+](=O)[O-])ccc2N1CC(F)(F)F. The van der Waals surface area contributed by atoms with Gasteiger partial charge in [-0.15, -0.1) is 0 Å². The van der Waals surface area contributed by atoms with E-state index >= 15 is 0 Å². The molecule has 0 aliphatic carbocycles. The predicted octanol–water partition coefficient (Wildman–Crippen LogP) is 2.74. The van der Waals surface area contributed by atoms with Crippen molar-refractivity contribution < 1.29 is 22.8 Å². The van der Waals surface area contributed by atoms with Crippen molar-refractivity contribution in [3.63, 3.8) is 0 Å². The minimum absolute atomic E-state index is 0.0598. The number of benzene rings is 1. The molecule has 1 aromatic rings. The number of hydrogen-bond acceptors (Lipinski definition) is 4.